The van der Waals surface area contributed by atoms with E-state index in [2.05, 4.69) is 12.2 Å². The number of hydrogen-bond acceptors (Lipinski definition) is 2. The molecule has 0 aliphatic rings. The molecule has 0 spiro atoms. The van der Waals surface area contributed by atoms with Crippen LogP contribution < -0.4 is 5.32 Å². The maximum atomic E-state index is 11.9. The van der Waals surface area contributed by atoms with Gasteiger partial charge in [-0.2, -0.15) is 0 Å². The first-order valence-electron chi connectivity index (χ1n) is 6.23. The number of carbonyl (C=O) groups is 2. The van der Waals surface area contributed by atoms with Crippen LogP contribution in [-0.4, -0.2) is 23.5 Å². The summed E-state index contributed by atoms with van der Waals surface area (Å²) in [7, 11) is 0. The predicted molar refractivity (Wildman–Crippen MR) is 69.6 cm³/mol. The van der Waals surface area contributed by atoms with Crippen molar-refractivity contribution in [3.63, 3.8) is 0 Å². The Kier molecular flexibility index (Phi) is 5.91. The molecule has 1 aromatic carbocycles. The first kappa shape index (κ1) is 14.2. The van der Waals surface area contributed by atoms with Gasteiger partial charge in [0.15, 0.2) is 0 Å². The molecule has 0 unspecified atom stereocenters. The van der Waals surface area contributed by atoms with E-state index in [4.69, 9.17) is 5.11 Å². The molecule has 2 N–H and O–H groups in total. The molecule has 0 fully saturated rings. The fraction of sp³-hybridized carbons (Fsp3) is 0.429. The molecule has 0 aliphatic heterocycles. The van der Waals surface area contributed by atoms with Crippen LogP contribution in [0.15, 0.2) is 24.3 Å². The Morgan fingerprint density at radius 3 is 2.61 bits per heavy atom. The van der Waals surface area contributed by atoms with E-state index in [0.29, 0.717) is 17.7 Å². The first-order valence-corrected chi connectivity index (χ1v) is 6.23. The number of carboxylic acids is 1. The molecule has 0 saturated heterocycles. The summed E-state index contributed by atoms with van der Waals surface area (Å²) in [4.78, 5) is 22.6. The number of rotatable bonds is 7. The van der Waals surface area contributed by atoms with Crippen LogP contribution in [0.1, 0.15) is 42.1 Å². The van der Waals surface area contributed by atoms with Crippen molar-refractivity contribution in [3.8, 4) is 0 Å². The molecule has 0 saturated carbocycles. The van der Waals surface area contributed by atoms with E-state index in [1.54, 1.807) is 24.3 Å². The summed E-state index contributed by atoms with van der Waals surface area (Å²) < 4.78 is 0. The maximum absolute atomic E-state index is 11.9. The number of hydrogen-bond donors (Lipinski definition) is 2. The van der Waals surface area contributed by atoms with E-state index >= 15 is 0 Å². The van der Waals surface area contributed by atoms with Gasteiger partial charge in [0.25, 0.3) is 5.91 Å². The van der Waals surface area contributed by atoms with E-state index in [1.165, 1.54) is 0 Å². The normalized spacial score (nSPS) is 10.1. The zero-order chi connectivity index (χ0) is 13.4. The van der Waals surface area contributed by atoms with E-state index in [0.717, 1.165) is 19.3 Å². The van der Waals surface area contributed by atoms with Crippen molar-refractivity contribution in [2.24, 2.45) is 0 Å². The number of carbonyl (C=O) groups excluding carboxylic acids is 1. The molecule has 0 radical (unpaired) electrons. The predicted octanol–water partition coefficient (Wildman–Crippen LogP) is 2.23. The second kappa shape index (κ2) is 7.48. The molecule has 0 atom stereocenters. The van der Waals surface area contributed by atoms with Crippen LogP contribution in [0.2, 0.25) is 0 Å². The van der Waals surface area contributed by atoms with Crippen molar-refractivity contribution in [2.45, 2.75) is 32.6 Å². The molecular weight excluding hydrogens is 230 g/mol. The maximum Gasteiger partial charge on any atom is 0.307 e. The van der Waals surface area contributed by atoms with Gasteiger partial charge in [-0.3, -0.25) is 9.59 Å². The second-order valence-electron chi connectivity index (χ2n) is 4.19. The van der Waals surface area contributed by atoms with Gasteiger partial charge in [0.05, 0.1) is 6.42 Å². The van der Waals surface area contributed by atoms with Crippen molar-refractivity contribution in [1.82, 2.24) is 5.32 Å². The molecule has 1 aromatic rings. The van der Waals surface area contributed by atoms with Crippen molar-refractivity contribution >= 4 is 11.9 Å². The number of aliphatic carboxylic acids is 1. The van der Waals surface area contributed by atoms with Gasteiger partial charge in [0.1, 0.15) is 0 Å². The molecule has 0 aromatic heterocycles. The van der Waals surface area contributed by atoms with Gasteiger partial charge in [0, 0.05) is 12.1 Å². The van der Waals surface area contributed by atoms with Crippen molar-refractivity contribution < 1.29 is 14.7 Å². The van der Waals surface area contributed by atoms with E-state index in [1.807, 2.05) is 0 Å². The molecule has 4 heteroatoms. The zero-order valence-electron chi connectivity index (χ0n) is 10.6. The first-order chi connectivity index (χ1) is 8.65. The topological polar surface area (TPSA) is 66.4 Å². The molecule has 0 bridgehead atoms. The molecule has 1 amide bonds. The van der Waals surface area contributed by atoms with Gasteiger partial charge in [-0.05, 0) is 18.1 Å². The standard InChI is InChI=1S/C14H19NO3/c1-2-3-6-9-15-14(18)12-8-5-4-7-11(12)10-13(16)17/h4-5,7-8H,2-3,6,9-10H2,1H3,(H,15,18)(H,16,17). The van der Waals surface area contributed by atoms with Gasteiger partial charge in [0.2, 0.25) is 0 Å². The highest BCUT2D eigenvalue weighted by Gasteiger charge is 2.12. The summed E-state index contributed by atoms with van der Waals surface area (Å²) in [6.07, 6.45) is 3.00. The smallest absolute Gasteiger partial charge is 0.307 e. The van der Waals surface area contributed by atoms with Crippen molar-refractivity contribution in [2.75, 3.05) is 6.54 Å². The van der Waals surface area contributed by atoms with Crippen LogP contribution in [0, 0.1) is 0 Å². The molecule has 0 aliphatic carbocycles. The van der Waals surface area contributed by atoms with E-state index in [9.17, 15) is 9.59 Å². The lowest BCUT2D eigenvalue weighted by molar-refractivity contribution is -0.136. The third-order valence-corrected chi connectivity index (χ3v) is 2.67. The molecule has 0 heterocycles. The minimum absolute atomic E-state index is 0.126. The summed E-state index contributed by atoms with van der Waals surface area (Å²) in [6, 6.07) is 6.82. The summed E-state index contributed by atoms with van der Waals surface area (Å²) in [5.41, 5.74) is 1.01. The van der Waals surface area contributed by atoms with Gasteiger partial charge >= 0.3 is 5.97 Å². The molecular formula is C14H19NO3. The SMILES string of the molecule is CCCCCNC(=O)c1ccccc1CC(=O)O. The highest BCUT2D eigenvalue weighted by Crippen LogP contribution is 2.09. The van der Waals surface area contributed by atoms with Crippen LogP contribution in [0.3, 0.4) is 0 Å². The van der Waals surface area contributed by atoms with Crippen LogP contribution in [0.25, 0.3) is 0 Å². The average Bonchev–Trinajstić information content (AvgIpc) is 2.34. The minimum Gasteiger partial charge on any atom is -0.481 e. The van der Waals surface area contributed by atoms with E-state index < -0.39 is 5.97 Å². The highest BCUT2D eigenvalue weighted by atomic mass is 16.4. The Balaban J connectivity index is 2.63. The Bertz CT molecular complexity index is 415. The third-order valence-electron chi connectivity index (χ3n) is 2.67. The monoisotopic (exact) mass is 249 g/mol. The van der Waals surface area contributed by atoms with Crippen LogP contribution >= 0.6 is 0 Å². The summed E-state index contributed by atoms with van der Waals surface area (Å²) in [5.74, 6) is -1.12. The van der Waals surface area contributed by atoms with E-state index in [-0.39, 0.29) is 12.3 Å². The minimum atomic E-state index is -0.929. The highest BCUT2D eigenvalue weighted by molar-refractivity contribution is 5.96. The largest absolute Gasteiger partial charge is 0.481 e. The van der Waals surface area contributed by atoms with Gasteiger partial charge in [-0.25, -0.2) is 0 Å². The molecule has 1 rings (SSSR count). The molecule has 18 heavy (non-hydrogen) atoms. The Morgan fingerprint density at radius 1 is 1.22 bits per heavy atom. The number of nitrogens with one attached hydrogen (secondary N) is 1. The Labute approximate surface area is 107 Å². The second-order valence-corrected chi connectivity index (χ2v) is 4.19. The van der Waals surface area contributed by atoms with Crippen LogP contribution in [0.4, 0.5) is 0 Å². The molecule has 98 valence electrons. The quantitative estimate of drug-likeness (QED) is 0.728. The average molecular weight is 249 g/mol. The van der Waals surface area contributed by atoms with Gasteiger partial charge < -0.3 is 10.4 Å². The van der Waals surface area contributed by atoms with Crippen molar-refractivity contribution in [1.29, 1.82) is 0 Å². The summed E-state index contributed by atoms with van der Waals surface area (Å²) in [6.45, 7) is 2.73. The van der Waals surface area contributed by atoms with Crippen LogP contribution in [0.5, 0.6) is 0 Å². The lowest BCUT2D eigenvalue weighted by atomic mass is 10.0. The lowest BCUT2D eigenvalue weighted by Crippen LogP contribution is -2.25. The Morgan fingerprint density at radius 2 is 1.94 bits per heavy atom. The molecule has 4 nitrogen and oxygen atoms in total. The fourth-order valence-electron chi connectivity index (χ4n) is 1.73. The van der Waals surface area contributed by atoms with Gasteiger partial charge in [-0.15, -0.1) is 0 Å². The number of amides is 1. The lowest BCUT2D eigenvalue weighted by Gasteiger charge is -2.08. The zero-order valence-corrected chi connectivity index (χ0v) is 10.6. The Hall–Kier alpha value is -1.84. The van der Waals surface area contributed by atoms with Gasteiger partial charge in [-0.1, -0.05) is 38.0 Å². The number of benzene rings is 1. The van der Waals surface area contributed by atoms with Crippen molar-refractivity contribution in [3.05, 3.63) is 35.4 Å². The summed E-state index contributed by atoms with van der Waals surface area (Å²) in [5, 5.41) is 11.6. The summed E-state index contributed by atoms with van der Waals surface area (Å²) >= 11 is 0. The number of unbranched alkanes of at least 4 members (excludes halogenated alkanes) is 2. The number of carboxylic acid groups (broad SMARTS) is 1. The van der Waals surface area contributed by atoms with Crippen LogP contribution in [-0.2, 0) is 11.2 Å². The third kappa shape index (κ3) is 4.57. The fourth-order valence-corrected chi connectivity index (χ4v) is 1.73.